The fraction of sp³-hybridized carbons (Fsp3) is 0.909. The molecule has 1 unspecified atom stereocenters. The summed E-state index contributed by atoms with van der Waals surface area (Å²) >= 11 is 0. The Balaban J connectivity index is 2.08. The van der Waals surface area contributed by atoms with E-state index >= 15 is 0 Å². The molecule has 15 heavy (non-hydrogen) atoms. The summed E-state index contributed by atoms with van der Waals surface area (Å²) in [5.74, 6) is -0.177. The van der Waals surface area contributed by atoms with Crippen LogP contribution in [0.4, 0.5) is 0 Å². The summed E-state index contributed by atoms with van der Waals surface area (Å²) < 4.78 is 10.4. The molecule has 1 atom stereocenters. The van der Waals surface area contributed by atoms with Gasteiger partial charge in [0.1, 0.15) is 6.61 Å². The molecule has 0 spiro atoms. The molecule has 0 radical (unpaired) electrons. The number of ether oxygens (including phenoxy) is 2. The van der Waals surface area contributed by atoms with Gasteiger partial charge < -0.3 is 15.2 Å². The number of carbonyl (C=O) groups is 1. The Hall–Kier alpha value is -0.610. The first kappa shape index (κ1) is 12.5. The highest BCUT2D eigenvalue weighted by atomic mass is 16.6. The fourth-order valence-electron chi connectivity index (χ4n) is 1.46. The van der Waals surface area contributed by atoms with Crippen molar-refractivity contribution in [2.45, 2.75) is 51.2 Å². The van der Waals surface area contributed by atoms with Crippen LogP contribution in [-0.2, 0) is 14.3 Å². The van der Waals surface area contributed by atoms with Gasteiger partial charge in [-0.2, -0.15) is 0 Å². The highest BCUT2D eigenvalue weighted by Gasteiger charge is 2.18. The molecular formula is C11H21NO3. The molecule has 1 aliphatic heterocycles. The lowest BCUT2D eigenvalue weighted by Gasteiger charge is -2.17. The van der Waals surface area contributed by atoms with Crippen molar-refractivity contribution in [3.8, 4) is 0 Å². The van der Waals surface area contributed by atoms with E-state index in [9.17, 15) is 4.79 Å². The van der Waals surface area contributed by atoms with E-state index in [4.69, 9.17) is 15.2 Å². The van der Waals surface area contributed by atoms with Crippen molar-refractivity contribution in [2.75, 3.05) is 13.2 Å². The van der Waals surface area contributed by atoms with Gasteiger partial charge >= 0.3 is 5.97 Å². The molecule has 4 nitrogen and oxygen atoms in total. The van der Waals surface area contributed by atoms with Crippen molar-refractivity contribution < 1.29 is 14.3 Å². The van der Waals surface area contributed by atoms with E-state index < -0.39 is 0 Å². The second-order valence-corrected chi connectivity index (χ2v) is 4.81. The Kier molecular flexibility index (Phi) is 4.54. The SMILES string of the molecule is CC(C)(N)CCC(=O)OCC1CCCO1. The minimum absolute atomic E-state index is 0.111. The van der Waals surface area contributed by atoms with Crippen LogP contribution in [0.3, 0.4) is 0 Å². The summed E-state index contributed by atoms with van der Waals surface area (Å²) in [6, 6.07) is 0. The second-order valence-electron chi connectivity index (χ2n) is 4.81. The van der Waals surface area contributed by atoms with Crippen LogP contribution in [0, 0.1) is 0 Å². The van der Waals surface area contributed by atoms with Gasteiger partial charge in [0.2, 0.25) is 0 Å². The monoisotopic (exact) mass is 215 g/mol. The zero-order valence-electron chi connectivity index (χ0n) is 9.62. The molecule has 1 aliphatic rings. The largest absolute Gasteiger partial charge is 0.463 e. The average Bonchev–Trinajstić information content (AvgIpc) is 2.62. The highest BCUT2D eigenvalue weighted by Crippen LogP contribution is 2.13. The Labute approximate surface area is 91.1 Å². The molecule has 4 heteroatoms. The molecule has 0 aromatic rings. The third-order valence-corrected chi connectivity index (χ3v) is 2.43. The molecule has 0 aromatic carbocycles. The summed E-state index contributed by atoms with van der Waals surface area (Å²) in [4.78, 5) is 11.3. The first-order chi connectivity index (χ1) is 6.97. The lowest BCUT2D eigenvalue weighted by molar-refractivity contribution is -0.147. The molecule has 1 heterocycles. The van der Waals surface area contributed by atoms with Crippen molar-refractivity contribution >= 4 is 5.97 Å². The molecule has 1 rings (SSSR count). The van der Waals surface area contributed by atoms with Crippen molar-refractivity contribution in [3.63, 3.8) is 0 Å². The van der Waals surface area contributed by atoms with Gasteiger partial charge in [-0.05, 0) is 33.1 Å². The predicted octanol–water partition coefficient (Wildman–Crippen LogP) is 1.23. The molecule has 0 aliphatic carbocycles. The van der Waals surface area contributed by atoms with E-state index in [1.165, 1.54) is 0 Å². The highest BCUT2D eigenvalue weighted by molar-refractivity contribution is 5.69. The minimum Gasteiger partial charge on any atom is -0.463 e. The van der Waals surface area contributed by atoms with Gasteiger partial charge in [-0.1, -0.05) is 0 Å². The smallest absolute Gasteiger partial charge is 0.305 e. The molecular weight excluding hydrogens is 194 g/mol. The lowest BCUT2D eigenvalue weighted by atomic mass is 10.0. The maximum absolute atomic E-state index is 11.3. The molecule has 0 aromatic heterocycles. The molecule has 0 saturated carbocycles. The number of hydrogen-bond donors (Lipinski definition) is 1. The number of nitrogens with two attached hydrogens (primary N) is 1. The standard InChI is InChI=1S/C11H21NO3/c1-11(2,12)6-5-10(13)15-8-9-4-3-7-14-9/h9H,3-8,12H2,1-2H3. The van der Waals surface area contributed by atoms with Crippen LogP contribution in [0.25, 0.3) is 0 Å². The molecule has 0 amide bonds. The average molecular weight is 215 g/mol. The van der Waals surface area contributed by atoms with E-state index in [0.717, 1.165) is 19.4 Å². The van der Waals surface area contributed by atoms with Crippen LogP contribution >= 0.6 is 0 Å². The van der Waals surface area contributed by atoms with E-state index in [1.54, 1.807) is 0 Å². The fourth-order valence-corrected chi connectivity index (χ4v) is 1.46. The van der Waals surface area contributed by atoms with Gasteiger partial charge in [0.15, 0.2) is 0 Å². The lowest BCUT2D eigenvalue weighted by Crippen LogP contribution is -2.32. The van der Waals surface area contributed by atoms with Crippen molar-refractivity contribution in [1.29, 1.82) is 0 Å². The van der Waals surface area contributed by atoms with E-state index in [2.05, 4.69) is 0 Å². The van der Waals surface area contributed by atoms with Crippen LogP contribution in [0.15, 0.2) is 0 Å². The van der Waals surface area contributed by atoms with Gasteiger partial charge in [0.25, 0.3) is 0 Å². The Morgan fingerprint density at radius 1 is 1.60 bits per heavy atom. The Bertz CT molecular complexity index is 204. The minimum atomic E-state index is -0.303. The summed E-state index contributed by atoms with van der Waals surface area (Å²) in [6.45, 7) is 4.99. The first-order valence-corrected chi connectivity index (χ1v) is 5.53. The molecule has 1 saturated heterocycles. The third kappa shape index (κ3) is 5.74. The van der Waals surface area contributed by atoms with Crippen molar-refractivity contribution in [3.05, 3.63) is 0 Å². The zero-order chi connectivity index (χ0) is 11.3. The van der Waals surface area contributed by atoms with Crippen LogP contribution in [0.5, 0.6) is 0 Å². The third-order valence-electron chi connectivity index (χ3n) is 2.43. The zero-order valence-corrected chi connectivity index (χ0v) is 9.62. The van der Waals surface area contributed by atoms with Gasteiger partial charge in [0, 0.05) is 18.6 Å². The first-order valence-electron chi connectivity index (χ1n) is 5.53. The summed E-state index contributed by atoms with van der Waals surface area (Å²) in [5.41, 5.74) is 5.47. The number of esters is 1. The summed E-state index contributed by atoms with van der Waals surface area (Å²) in [5, 5.41) is 0. The van der Waals surface area contributed by atoms with Crippen molar-refractivity contribution in [1.82, 2.24) is 0 Å². The number of rotatable bonds is 5. The van der Waals surface area contributed by atoms with E-state index in [0.29, 0.717) is 19.4 Å². The van der Waals surface area contributed by atoms with E-state index in [-0.39, 0.29) is 17.6 Å². The van der Waals surface area contributed by atoms with Gasteiger partial charge in [-0.25, -0.2) is 0 Å². The van der Waals surface area contributed by atoms with Crippen molar-refractivity contribution in [2.24, 2.45) is 5.73 Å². The maximum atomic E-state index is 11.3. The topological polar surface area (TPSA) is 61.6 Å². The number of hydrogen-bond acceptors (Lipinski definition) is 4. The van der Waals surface area contributed by atoms with Crippen LogP contribution in [0.2, 0.25) is 0 Å². The molecule has 1 fully saturated rings. The quantitative estimate of drug-likeness (QED) is 0.701. The molecule has 2 N–H and O–H groups in total. The predicted molar refractivity (Wildman–Crippen MR) is 57.4 cm³/mol. The maximum Gasteiger partial charge on any atom is 0.305 e. The van der Waals surface area contributed by atoms with Crippen LogP contribution in [-0.4, -0.2) is 30.8 Å². The second kappa shape index (κ2) is 5.47. The van der Waals surface area contributed by atoms with Crippen LogP contribution in [0.1, 0.15) is 39.5 Å². The summed E-state index contributed by atoms with van der Waals surface area (Å²) in [6.07, 6.45) is 3.21. The normalized spacial score (nSPS) is 21.7. The van der Waals surface area contributed by atoms with Crippen LogP contribution < -0.4 is 5.73 Å². The molecule has 88 valence electrons. The van der Waals surface area contributed by atoms with E-state index in [1.807, 2.05) is 13.8 Å². The Morgan fingerprint density at radius 3 is 2.87 bits per heavy atom. The number of carbonyl (C=O) groups excluding carboxylic acids is 1. The Morgan fingerprint density at radius 2 is 2.33 bits per heavy atom. The van der Waals surface area contributed by atoms with Gasteiger partial charge in [0.05, 0.1) is 6.10 Å². The van der Waals surface area contributed by atoms with Gasteiger partial charge in [-0.3, -0.25) is 4.79 Å². The van der Waals surface area contributed by atoms with Gasteiger partial charge in [-0.15, -0.1) is 0 Å². The molecule has 0 bridgehead atoms. The summed E-state index contributed by atoms with van der Waals surface area (Å²) in [7, 11) is 0.